The molecule has 3 fully saturated rings. The Morgan fingerprint density at radius 1 is 1.19 bits per heavy atom. The summed E-state index contributed by atoms with van der Waals surface area (Å²) < 4.78 is 0. The lowest BCUT2D eigenvalue weighted by molar-refractivity contribution is -0.0554. The van der Waals surface area contributed by atoms with E-state index < -0.39 is 23.9 Å². The molecule has 3 aliphatic rings. The number of rotatable bonds is 6. The van der Waals surface area contributed by atoms with Crippen LogP contribution in [0.15, 0.2) is 35.5 Å². The molecule has 0 radical (unpaired) electrons. The van der Waals surface area contributed by atoms with Gasteiger partial charge < -0.3 is 20.4 Å². The molecule has 4 N–H and O–H groups in total. The van der Waals surface area contributed by atoms with Crippen molar-refractivity contribution < 1.29 is 20.4 Å². The molecule has 0 bridgehead atoms. The molecule has 176 valence electrons. The van der Waals surface area contributed by atoms with Crippen molar-refractivity contribution in [1.82, 2.24) is 0 Å². The second kappa shape index (κ2) is 9.51. The minimum Gasteiger partial charge on any atom is -0.393 e. The minimum atomic E-state index is -1.04. The number of fused-ring (bicyclic) bond motifs is 1. The second-order valence-corrected chi connectivity index (χ2v) is 11.4. The van der Waals surface area contributed by atoms with Gasteiger partial charge in [0.25, 0.3) is 0 Å². The van der Waals surface area contributed by atoms with Gasteiger partial charge in [0, 0.05) is 6.42 Å². The van der Waals surface area contributed by atoms with Gasteiger partial charge in [-0.2, -0.15) is 0 Å². The number of hydrogen-bond donors (Lipinski definition) is 4. The van der Waals surface area contributed by atoms with Crippen molar-refractivity contribution in [3.05, 3.63) is 35.5 Å². The average Bonchev–Trinajstić information content (AvgIpc) is 3.04. The van der Waals surface area contributed by atoms with E-state index >= 15 is 0 Å². The van der Waals surface area contributed by atoms with E-state index in [1.807, 2.05) is 0 Å². The molecule has 0 heterocycles. The Kier molecular flexibility index (Phi) is 7.57. The molecule has 4 heteroatoms. The van der Waals surface area contributed by atoms with E-state index in [2.05, 4.69) is 32.6 Å². The smallest absolute Gasteiger partial charge is 0.0849 e. The van der Waals surface area contributed by atoms with Crippen LogP contribution in [0.25, 0.3) is 0 Å². The Morgan fingerprint density at radius 2 is 1.90 bits per heavy atom. The maximum atomic E-state index is 10.3. The summed E-state index contributed by atoms with van der Waals surface area (Å²) in [6.45, 7) is 12.2. The summed E-state index contributed by atoms with van der Waals surface area (Å²) >= 11 is 0. The standard InChI is InChI=1S/C27H44O4/c1-17(8-13-25(30)26(3,4)31)22-11-12-23-19(7-6-14-27(22,23)5)9-10-20-15-21(28)16-24(29)18(20)2/h9-10,17,21-25,28-31H,2,6-8,11-16H2,1,3-5H3/b19-9+,20-10-/t17-,21-,22-,23+,24+,25-,27-/m1/s1. The van der Waals surface area contributed by atoms with E-state index in [1.165, 1.54) is 31.3 Å². The normalized spacial score (nSPS) is 39.0. The molecule has 0 aromatic carbocycles. The molecule has 0 amide bonds. The lowest BCUT2D eigenvalue weighted by Gasteiger charge is -2.44. The van der Waals surface area contributed by atoms with Crippen LogP contribution in [0.2, 0.25) is 0 Å². The molecular formula is C27H44O4. The van der Waals surface area contributed by atoms with Gasteiger partial charge >= 0.3 is 0 Å². The van der Waals surface area contributed by atoms with Crippen LogP contribution in [0.1, 0.15) is 85.5 Å². The van der Waals surface area contributed by atoms with Crippen LogP contribution in [0, 0.1) is 23.2 Å². The Balaban J connectivity index is 1.71. The van der Waals surface area contributed by atoms with E-state index in [4.69, 9.17) is 0 Å². The Bertz CT molecular complexity index is 715. The number of aliphatic hydroxyl groups excluding tert-OH is 3. The first kappa shape index (κ1) is 24.7. The highest BCUT2D eigenvalue weighted by molar-refractivity contribution is 5.38. The zero-order valence-electron chi connectivity index (χ0n) is 20.0. The zero-order valence-corrected chi connectivity index (χ0v) is 20.0. The third-order valence-corrected chi connectivity index (χ3v) is 8.70. The van der Waals surface area contributed by atoms with Crippen LogP contribution in [0.3, 0.4) is 0 Å². The topological polar surface area (TPSA) is 80.9 Å². The van der Waals surface area contributed by atoms with Gasteiger partial charge in [0.05, 0.1) is 23.9 Å². The first-order valence-electron chi connectivity index (χ1n) is 12.3. The zero-order chi connectivity index (χ0) is 23.0. The predicted octanol–water partition coefficient (Wildman–Crippen LogP) is 4.68. The van der Waals surface area contributed by atoms with E-state index in [9.17, 15) is 20.4 Å². The maximum absolute atomic E-state index is 10.3. The highest BCUT2D eigenvalue weighted by Gasteiger charge is 2.50. The fourth-order valence-electron chi connectivity index (χ4n) is 6.65. The summed E-state index contributed by atoms with van der Waals surface area (Å²) in [6.07, 6.45) is 11.1. The fraction of sp³-hybridized carbons (Fsp3) is 0.778. The fourth-order valence-corrected chi connectivity index (χ4v) is 6.65. The SMILES string of the molecule is C=C1/C(=C\C=C2/CCC[C@]3(C)[C@@H]([C@H](C)CC[C@@H](O)C(C)(C)O)CC[C@@H]23)C[C@@H](O)C[C@@H]1O. The van der Waals surface area contributed by atoms with Crippen LogP contribution >= 0.6 is 0 Å². The minimum absolute atomic E-state index is 0.282. The quantitative estimate of drug-likeness (QED) is 0.491. The molecule has 3 aliphatic carbocycles. The van der Waals surface area contributed by atoms with Crippen molar-refractivity contribution in [1.29, 1.82) is 0 Å². The summed E-state index contributed by atoms with van der Waals surface area (Å²) in [4.78, 5) is 0. The van der Waals surface area contributed by atoms with Crippen LogP contribution in [-0.4, -0.2) is 44.3 Å². The molecule has 3 rings (SSSR count). The Labute approximate surface area is 188 Å². The van der Waals surface area contributed by atoms with Crippen molar-refractivity contribution in [3.63, 3.8) is 0 Å². The predicted molar refractivity (Wildman–Crippen MR) is 125 cm³/mol. The summed E-state index contributed by atoms with van der Waals surface area (Å²) in [7, 11) is 0. The largest absolute Gasteiger partial charge is 0.393 e. The Hall–Kier alpha value is -0.940. The third kappa shape index (κ3) is 5.35. The molecule has 0 unspecified atom stereocenters. The van der Waals surface area contributed by atoms with E-state index in [1.54, 1.807) is 13.8 Å². The van der Waals surface area contributed by atoms with Gasteiger partial charge in [0.2, 0.25) is 0 Å². The van der Waals surface area contributed by atoms with Crippen molar-refractivity contribution in [3.8, 4) is 0 Å². The molecule has 0 aliphatic heterocycles. The molecule has 4 nitrogen and oxygen atoms in total. The molecular weight excluding hydrogens is 388 g/mol. The van der Waals surface area contributed by atoms with Crippen molar-refractivity contribution in [2.45, 2.75) is 109 Å². The highest BCUT2D eigenvalue weighted by atomic mass is 16.3. The summed E-state index contributed by atoms with van der Waals surface area (Å²) in [5.74, 6) is 1.74. The van der Waals surface area contributed by atoms with Crippen molar-refractivity contribution in [2.24, 2.45) is 23.2 Å². The summed E-state index contributed by atoms with van der Waals surface area (Å²) in [5.41, 5.74) is 2.48. The molecule has 31 heavy (non-hydrogen) atoms. The third-order valence-electron chi connectivity index (χ3n) is 8.70. The van der Waals surface area contributed by atoms with E-state index in [0.717, 1.165) is 24.0 Å². The molecule has 0 saturated heterocycles. The lowest BCUT2D eigenvalue weighted by atomic mass is 9.60. The molecule has 3 saturated carbocycles. The molecule has 0 spiro atoms. The number of allylic oxidation sites excluding steroid dienone is 3. The van der Waals surface area contributed by atoms with Gasteiger partial charge in [-0.05, 0) is 99.5 Å². The average molecular weight is 433 g/mol. The molecule has 7 atom stereocenters. The van der Waals surface area contributed by atoms with E-state index in [0.29, 0.717) is 37.0 Å². The Morgan fingerprint density at radius 3 is 2.58 bits per heavy atom. The van der Waals surface area contributed by atoms with Crippen LogP contribution in [0.5, 0.6) is 0 Å². The first-order chi connectivity index (χ1) is 14.4. The van der Waals surface area contributed by atoms with Crippen molar-refractivity contribution >= 4 is 0 Å². The van der Waals surface area contributed by atoms with Crippen molar-refractivity contribution in [2.75, 3.05) is 0 Å². The van der Waals surface area contributed by atoms with Gasteiger partial charge in [-0.25, -0.2) is 0 Å². The number of hydrogen-bond acceptors (Lipinski definition) is 4. The molecule has 0 aromatic rings. The second-order valence-electron chi connectivity index (χ2n) is 11.4. The first-order valence-corrected chi connectivity index (χ1v) is 12.3. The summed E-state index contributed by atoms with van der Waals surface area (Å²) in [6, 6.07) is 0. The summed E-state index contributed by atoms with van der Waals surface area (Å²) in [5, 5.41) is 40.5. The number of aliphatic hydroxyl groups is 4. The van der Waals surface area contributed by atoms with Gasteiger partial charge in [-0.3, -0.25) is 0 Å². The monoisotopic (exact) mass is 432 g/mol. The van der Waals surface area contributed by atoms with Crippen LogP contribution in [-0.2, 0) is 0 Å². The van der Waals surface area contributed by atoms with E-state index in [-0.39, 0.29) is 5.41 Å². The van der Waals surface area contributed by atoms with Gasteiger partial charge in [0.15, 0.2) is 0 Å². The van der Waals surface area contributed by atoms with Crippen LogP contribution < -0.4 is 0 Å². The molecule has 0 aromatic heterocycles. The maximum Gasteiger partial charge on any atom is 0.0849 e. The lowest BCUT2D eigenvalue weighted by Crippen LogP contribution is -2.38. The van der Waals surface area contributed by atoms with Crippen LogP contribution in [0.4, 0.5) is 0 Å². The highest BCUT2D eigenvalue weighted by Crippen LogP contribution is 2.60. The van der Waals surface area contributed by atoms with Gasteiger partial charge in [0.1, 0.15) is 0 Å². The van der Waals surface area contributed by atoms with Gasteiger partial charge in [-0.1, -0.05) is 38.2 Å². The van der Waals surface area contributed by atoms with Gasteiger partial charge in [-0.15, -0.1) is 0 Å².